The molecule has 0 saturated carbocycles. The predicted octanol–water partition coefficient (Wildman–Crippen LogP) is 7.92. The molecular formula is C20H8Cl4N2O2. The average Bonchev–Trinajstić information content (AvgIpc) is 3.26. The highest BCUT2D eigenvalue weighted by Gasteiger charge is 2.15. The number of hydrogen-bond acceptors (Lipinski definition) is 4. The van der Waals surface area contributed by atoms with Gasteiger partial charge in [0, 0.05) is 21.2 Å². The molecule has 0 bridgehead atoms. The van der Waals surface area contributed by atoms with Crippen molar-refractivity contribution in [2.45, 2.75) is 0 Å². The topological polar surface area (TPSA) is 52.1 Å². The van der Waals surface area contributed by atoms with Crippen LogP contribution in [0.25, 0.3) is 45.1 Å². The second-order valence-corrected chi connectivity index (χ2v) is 7.77. The van der Waals surface area contributed by atoms with Crippen molar-refractivity contribution in [3.05, 3.63) is 68.6 Å². The molecule has 5 aromatic rings. The number of rotatable bonds is 2. The van der Waals surface area contributed by atoms with E-state index in [0.29, 0.717) is 54.1 Å². The fourth-order valence-corrected chi connectivity index (χ4v) is 3.96. The molecule has 0 saturated heterocycles. The van der Waals surface area contributed by atoms with Crippen LogP contribution in [-0.4, -0.2) is 9.97 Å². The molecule has 0 N–H and O–H groups in total. The van der Waals surface area contributed by atoms with E-state index in [-0.39, 0.29) is 0 Å². The average molecular weight is 450 g/mol. The molecule has 0 radical (unpaired) electrons. The second kappa shape index (κ2) is 6.68. The lowest BCUT2D eigenvalue weighted by atomic mass is 10.1. The van der Waals surface area contributed by atoms with E-state index in [4.69, 9.17) is 55.2 Å². The Hall–Kier alpha value is -2.24. The molecule has 0 atom stereocenters. The van der Waals surface area contributed by atoms with Crippen LogP contribution in [0.4, 0.5) is 0 Å². The van der Waals surface area contributed by atoms with Gasteiger partial charge >= 0.3 is 0 Å². The Bertz CT molecular complexity index is 1250. The van der Waals surface area contributed by atoms with Gasteiger partial charge < -0.3 is 8.83 Å². The maximum atomic E-state index is 6.17. The summed E-state index contributed by atoms with van der Waals surface area (Å²) >= 11 is 24.4. The van der Waals surface area contributed by atoms with Gasteiger partial charge in [0.2, 0.25) is 11.8 Å². The Labute approximate surface area is 178 Å². The molecule has 0 aliphatic carbocycles. The summed E-state index contributed by atoms with van der Waals surface area (Å²) in [7, 11) is 0. The van der Waals surface area contributed by atoms with Gasteiger partial charge in [-0.1, -0.05) is 46.4 Å². The van der Waals surface area contributed by atoms with Gasteiger partial charge in [0.05, 0.1) is 10.0 Å². The van der Waals surface area contributed by atoms with E-state index in [0.717, 1.165) is 11.1 Å². The number of oxazole rings is 2. The summed E-state index contributed by atoms with van der Waals surface area (Å²) < 4.78 is 11.6. The number of fused-ring (bicyclic) bond motifs is 2. The highest BCUT2D eigenvalue weighted by molar-refractivity contribution is 6.38. The summed E-state index contributed by atoms with van der Waals surface area (Å²) in [5, 5.41) is 1.84. The first kappa shape index (κ1) is 17.8. The van der Waals surface area contributed by atoms with Crippen molar-refractivity contribution in [3.8, 4) is 22.9 Å². The number of nitrogens with zero attached hydrogens (tertiary/aromatic N) is 2. The van der Waals surface area contributed by atoms with E-state index in [1.165, 1.54) is 0 Å². The molecular weight excluding hydrogens is 442 g/mol. The second-order valence-electron chi connectivity index (χ2n) is 6.09. The lowest BCUT2D eigenvalue weighted by Crippen LogP contribution is -1.80. The van der Waals surface area contributed by atoms with Crippen LogP contribution in [-0.2, 0) is 0 Å². The molecule has 0 amide bonds. The summed E-state index contributed by atoms with van der Waals surface area (Å²) in [6, 6.07) is 14.1. The molecule has 8 heteroatoms. The van der Waals surface area contributed by atoms with Crippen molar-refractivity contribution < 1.29 is 8.83 Å². The first-order valence-electron chi connectivity index (χ1n) is 8.10. The Morgan fingerprint density at radius 1 is 0.571 bits per heavy atom. The zero-order chi connectivity index (χ0) is 19.4. The summed E-state index contributed by atoms with van der Waals surface area (Å²) in [6.07, 6.45) is 0. The van der Waals surface area contributed by atoms with Crippen LogP contribution in [0, 0.1) is 0 Å². The third kappa shape index (κ3) is 3.03. The minimum Gasteiger partial charge on any atom is -0.435 e. The van der Waals surface area contributed by atoms with E-state index >= 15 is 0 Å². The predicted molar refractivity (Wildman–Crippen MR) is 112 cm³/mol. The van der Waals surface area contributed by atoms with Crippen LogP contribution in [0.3, 0.4) is 0 Å². The van der Waals surface area contributed by atoms with Crippen molar-refractivity contribution in [1.29, 1.82) is 0 Å². The van der Waals surface area contributed by atoms with Crippen LogP contribution in [0.2, 0.25) is 20.1 Å². The zero-order valence-electron chi connectivity index (χ0n) is 13.8. The summed E-state index contributed by atoms with van der Waals surface area (Å²) in [4.78, 5) is 8.91. The lowest BCUT2D eigenvalue weighted by molar-refractivity contribution is 0.618. The summed E-state index contributed by atoms with van der Waals surface area (Å²) in [5.41, 5.74) is 3.75. The zero-order valence-corrected chi connectivity index (χ0v) is 16.9. The number of halogens is 4. The summed E-state index contributed by atoms with van der Waals surface area (Å²) in [6.45, 7) is 0. The number of benzene rings is 3. The first-order chi connectivity index (χ1) is 13.5. The minimum atomic E-state index is 0.417. The molecule has 28 heavy (non-hydrogen) atoms. The van der Waals surface area contributed by atoms with Crippen LogP contribution >= 0.6 is 46.4 Å². The standard InChI is InChI=1S/C20H8Cl4N2O2/c21-11-5-13(23)17-15(7-11)25-19(27-17)9-1-2-10(4-3-9)20-26-16-8-12(22)6-14(24)18(16)28-20/h1-8H. The highest BCUT2D eigenvalue weighted by atomic mass is 35.5. The Balaban J connectivity index is 1.54. The van der Waals surface area contributed by atoms with Gasteiger partial charge in [0.25, 0.3) is 0 Å². The van der Waals surface area contributed by atoms with Crippen LogP contribution in [0.1, 0.15) is 0 Å². The van der Waals surface area contributed by atoms with Crippen molar-refractivity contribution in [1.82, 2.24) is 9.97 Å². The fraction of sp³-hybridized carbons (Fsp3) is 0. The van der Waals surface area contributed by atoms with Gasteiger partial charge in [-0.2, -0.15) is 0 Å². The van der Waals surface area contributed by atoms with Gasteiger partial charge in [-0.15, -0.1) is 0 Å². The molecule has 0 unspecified atom stereocenters. The van der Waals surface area contributed by atoms with Gasteiger partial charge in [-0.05, 0) is 48.5 Å². The van der Waals surface area contributed by atoms with Gasteiger partial charge in [-0.25, -0.2) is 9.97 Å². The molecule has 0 aliphatic rings. The molecule has 0 aliphatic heterocycles. The van der Waals surface area contributed by atoms with E-state index in [9.17, 15) is 0 Å². The molecule has 5 rings (SSSR count). The van der Waals surface area contributed by atoms with Gasteiger partial charge in [0.1, 0.15) is 11.0 Å². The summed E-state index contributed by atoms with van der Waals surface area (Å²) in [5.74, 6) is 0.885. The number of aromatic nitrogens is 2. The van der Waals surface area contributed by atoms with Gasteiger partial charge in [-0.3, -0.25) is 0 Å². The lowest BCUT2D eigenvalue weighted by Gasteiger charge is -1.98. The molecule has 4 nitrogen and oxygen atoms in total. The third-order valence-corrected chi connectivity index (χ3v) is 5.20. The Morgan fingerprint density at radius 3 is 1.36 bits per heavy atom. The smallest absolute Gasteiger partial charge is 0.227 e. The molecule has 138 valence electrons. The SMILES string of the molecule is Clc1cc(Cl)c2oc(-c3ccc(-c4nc5cc(Cl)cc(Cl)c5o4)cc3)nc2c1. The number of hydrogen-bond donors (Lipinski definition) is 0. The molecule has 2 aromatic heterocycles. The third-order valence-electron chi connectivity index (χ3n) is 4.20. The monoisotopic (exact) mass is 448 g/mol. The molecule has 3 aromatic carbocycles. The normalized spacial score (nSPS) is 11.6. The largest absolute Gasteiger partial charge is 0.435 e. The van der Waals surface area contributed by atoms with Crippen LogP contribution < -0.4 is 0 Å². The van der Waals surface area contributed by atoms with Crippen LogP contribution in [0.5, 0.6) is 0 Å². The van der Waals surface area contributed by atoms with E-state index in [1.54, 1.807) is 24.3 Å². The fourth-order valence-electron chi connectivity index (χ4n) is 2.92. The van der Waals surface area contributed by atoms with Gasteiger partial charge in [0.15, 0.2) is 11.2 Å². The van der Waals surface area contributed by atoms with E-state index in [1.807, 2.05) is 24.3 Å². The Morgan fingerprint density at radius 2 is 0.964 bits per heavy atom. The van der Waals surface area contributed by atoms with Crippen molar-refractivity contribution in [2.75, 3.05) is 0 Å². The quantitative estimate of drug-likeness (QED) is 0.274. The van der Waals surface area contributed by atoms with Crippen LogP contribution in [0.15, 0.2) is 57.4 Å². The van der Waals surface area contributed by atoms with E-state index in [2.05, 4.69) is 9.97 Å². The van der Waals surface area contributed by atoms with Crippen molar-refractivity contribution in [3.63, 3.8) is 0 Å². The highest BCUT2D eigenvalue weighted by Crippen LogP contribution is 2.34. The molecule has 2 heterocycles. The maximum absolute atomic E-state index is 6.17. The van der Waals surface area contributed by atoms with Crippen molar-refractivity contribution in [2.24, 2.45) is 0 Å². The minimum absolute atomic E-state index is 0.417. The first-order valence-corrected chi connectivity index (χ1v) is 9.61. The van der Waals surface area contributed by atoms with Crippen molar-refractivity contribution >= 4 is 68.6 Å². The molecule has 0 spiro atoms. The molecule has 0 fully saturated rings. The maximum Gasteiger partial charge on any atom is 0.227 e. The Kier molecular flexibility index (Phi) is 4.25. The van der Waals surface area contributed by atoms with E-state index < -0.39 is 0 Å².